The number of nitrogens with two attached hydrogens (primary N) is 1. The summed E-state index contributed by atoms with van der Waals surface area (Å²) < 4.78 is 29.6. The van der Waals surface area contributed by atoms with E-state index in [9.17, 15) is 8.42 Å². The normalized spacial score (nSPS) is 11.2. The van der Waals surface area contributed by atoms with E-state index in [0.29, 0.717) is 11.4 Å². The van der Waals surface area contributed by atoms with Gasteiger partial charge >= 0.3 is 0 Å². The van der Waals surface area contributed by atoms with Gasteiger partial charge in [-0.15, -0.1) is 0 Å². The molecule has 0 spiro atoms. The van der Waals surface area contributed by atoms with E-state index in [2.05, 4.69) is 0 Å². The van der Waals surface area contributed by atoms with Crippen LogP contribution in [0.2, 0.25) is 5.02 Å². The maximum atomic E-state index is 12.1. The molecule has 2 N–H and O–H groups in total. The highest BCUT2D eigenvalue weighted by Crippen LogP contribution is 2.22. The first-order valence-electron chi connectivity index (χ1n) is 5.95. The van der Waals surface area contributed by atoms with Gasteiger partial charge in [0.15, 0.2) is 9.84 Å². The van der Waals surface area contributed by atoms with Gasteiger partial charge in [0.05, 0.1) is 15.7 Å². The van der Waals surface area contributed by atoms with Crippen LogP contribution in [0.3, 0.4) is 0 Å². The number of benzene rings is 2. The molecule has 2 rings (SSSR count). The maximum absolute atomic E-state index is 12.1. The number of rotatable bonds is 5. The third-order valence-corrected chi connectivity index (χ3v) is 4.82. The first-order valence-corrected chi connectivity index (χ1v) is 7.98. The van der Waals surface area contributed by atoms with Crippen molar-refractivity contribution in [1.29, 1.82) is 0 Å². The Morgan fingerprint density at radius 1 is 1.10 bits per heavy atom. The summed E-state index contributed by atoms with van der Waals surface area (Å²) in [6.07, 6.45) is 0. The highest BCUT2D eigenvalue weighted by atomic mass is 35.5. The number of hydrogen-bond donors (Lipinski definition) is 1. The second-order valence-corrected chi connectivity index (χ2v) is 6.66. The molecule has 20 heavy (non-hydrogen) atoms. The van der Waals surface area contributed by atoms with Crippen LogP contribution in [0, 0.1) is 0 Å². The van der Waals surface area contributed by atoms with Crippen LogP contribution in [-0.2, 0) is 9.84 Å². The van der Waals surface area contributed by atoms with E-state index in [1.54, 1.807) is 42.5 Å². The molecule has 0 heterocycles. The summed E-state index contributed by atoms with van der Waals surface area (Å²) in [6, 6.07) is 13.2. The Morgan fingerprint density at radius 3 is 2.55 bits per heavy atom. The first-order chi connectivity index (χ1) is 9.49. The molecule has 2 aromatic carbocycles. The van der Waals surface area contributed by atoms with Gasteiger partial charge in [0.1, 0.15) is 12.4 Å². The molecule has 4 nitrogen and oxygen atoms in total. The van der Waals surface area contributed by atoms with Crippen molar-refractivity contribution in [3.63, 3.8) is 0 Å². The first kappa shape index (κ1) is 14.7. The molecular formula is C14H14ClNO3S. The van der Waals surface area contributed by atoms with E-state index in [1.165, 1.54) is 6.07 Å². The van der Waals surface area contributed by atoms with Gasteiger partial charge in [0.2, 0.25) is 0 Å². The van der Waals surface area contributed by atoms with Crippen LogP contribution >= 0.6 is 11.6 Å². The fourth-order valence-electron chi connectivity index (χ4n) is 1.68. The number of halogens is 1. The van der Waals surface area contributed by atoms with Crippen molar-refractivity contribution in [2.45, 2.75) is 4.90 Å². The van der Waals surface area contributed by atoms with E-state index in [-0.39, 0.29) is 22.3 Å². The van der Waals surface area contributed by atoms with Crippen LogP contribution in [-0.4, -0.2) is 20.8 Å². The van der Waals surface area contributed by atoms with Crippen molar-refractivity contribution in [2.75, 3.05) is 18.1 Å². The van der Waals surface area contributed by atoms with Gasteiger partial charge in [0.25, 0.3) is 0 Å². The lowest BCUT2D eigenvalue weighted by Gasteiger charge is -2.08. The van der Waals surface area contributed by atoms with Gasteiger partial charge < -0.3 is 10.5 Å². The summed E-state index contributed by atoms with van der Waals surface area (Å²) in [6.45, 7) is 0.0387. The largest absolute Gasteiger partial charge is 0.492 e. The molecule has 0 unspecified atom stereocenters. The second kappa shape index (κ2) is 6.15. The van der Waals surface area contributed by atoms with Crippen LogP contribution in [0.25, 0.3) is 0 Å². The van der Waals surface area contributed by atoms with Crippen molar-refractivity contribution in [1.82, 2.24) is 0 Å². The standard InChI is InChI=1S/C14H14ClNO3S/c15-13-6-1-2-7-14(13)20(17,18)9-8-19-12-5-3-4-11(16)10-12/h1-7,10H,8-9,16H2. The van der Waals surface area contributed by atoms with E-state index in [1.807, 2.05) is 0 Å². The lowest BCUT2D eigenvalue weighted by molar-refractivity contribution is 0.341. The molecule has 0 saturated carbocycles. The lowest BCUT2D eigenvalue weighted by atomic mass is 10.3. The highest BCUT2D eigenvalue weighted by molar-refractivity contribution is 7.91. The number of hydrogen-bond acceptors (Lipinski definition) is 4. The monoisotopic (exact) mass is 311 g/mol. The molecule has 0 saturated heterocycles. The lowest BCUT2D eigenvalue weighted by Crippen LogP contribution is -2.14. The molecule has 0 amide bonds. The second-order valence-electron chi connectivity index (χ2n) is 4.17. The van der Waals surface area contributed by atoms with E-state index in [4.69, 9.17) is 22.1 Å². The van der Waals surface area contributed by atoms with Crippen LogP contribution in [0.4, 0.5) is 5.69 Å². The number of sulfone groups is 1. The Hall–Kier alpha value is -1.72. The Morgan fingerprint density at radius 2 is 1.85 bits per heavy atom. The molecule has 0 aromatic heterocycles. The molecule has 106 valence electrons. The Balaban J connectivity index is 2.02. The van der Waals surface area contributed by atoms with Gasteiger partial charge in [-0.1, -0.05) is 29.8 Å². The molecule has 6 heteroatoms. The third-order valence-electron chi connectivity index (χ3n) is 2.65. The fourth-order valence-corrected chi connectivity index (χ4v) is 3.34. The van der Waals surface area contributed by atoms with Crippen molar-refractivity contribution in [3.8, 4) is 5.75 Å². The zero-order valence-corrected chi connectivity index (χ0v) is 12.2. The smallest absolute Gasteiger partial charge is 0.183 e. The van der Waals surface area contributed by atoms with E-state index < -0.39 is 9.84 Å². The van der Waals surface area contributed by atoms with Gasteiger partial charge in [-0.25, -0.2) is 8.42 Å². The van der Waals surface area contributed by atoms with Crippen molar-refractivity contribution in [3.05, 3.63) is 53.6 Å². The molecular weight excluding hydrogens is 298 g/mol. The van der Waals surface area contributed by atoms with Gasteiger partial charge in [0, 0.05) is 11.8 Å². The highest BCUT2D eigenvalue weighted by Gasteiger charge is 2.17. The molecule has 0 aliphatic heterocycles. The Kier molecular flexibility index (Phi) is 4.52. The SMILES string of the molecule is Nc1cccc(OCCS(=O)(=O)c2ccccc2Cl)c1. The van der Waals surface area contributed by atoms with Crippen molar-refractivity contribution in [2.24, 2.45) is 0 Å². The van der Waals surface area contributed by atoms with Crippen LogP contribution in [0.5, 0.6) is 5.75 Å². The molecule has 0 aliphatic carbocycles. The van der Waals surface area contributed by atoms with E-state index >= 15 is 0 Å². The number of anilines is 1. The minimum Gasteiger partial charge on any atom is -0.492 e. The summed E-state index contributed by atoms with van der Waals surface area (Å²) >= 11 is 5.89. The summed E-state index contributed by atoms with van der Waals surface area (Å²) in [5.41, 5.74) is 6.18. The minimum atomic E-state index is -3.46. The van der Waals surface area contributed by atoms with Gasteiger partial charge in [-0.2, -0.15) is 0 Å². The minimum absolute atomic E-state index is 0.0387. The van der Waals surface area contributed by atoms with Gasteiger partial charge in [-0.05, 0) is 24.3 Å². The van der Waals surface area contributed by atoms with Crippen LogP contribution in [0.15, 0.2) is 53.4 Å². The van der Waals surface area contributed by atoms with Crippen molar-refractivity contribution >= 4 is 27.1 Å². The average molecular weight is 312 g/mol. The van der Waals surface area contributed by atoms with E-state index in [0.717, 1.165) is 0 Å². The number of ether oxygens (including phenoxy) is 1. The van der Waals surface area contributed by atoms with Crippen LogP contribution < -0.4 is 10.5 Å². The Bertz CT molecular complexity index is 701. The predicted molar refractivity (Wildman–Crippen MR) is 79.9 cm³/mol. The molecule has 0 bridgehead atoms. The summed E-state index contributed by atoms with van der Waals surface area (Å²) in [7, 11) is -3.46. The predicted octanol–water partition coefficient (Wildman–Crippen LogP) is 2.77. The molecule has 0 atom stereocenters. The molecule has 2 aromatic rings. The maximum Gasteiger partial charge on any atom is 0.183 e. The molecule has 0 radical (unpaired) electrons. The summed E-state index contributed by atoms with van der Waals surface area (Å²) in [5, 5.41) is 0.219. The molecule has 0 aliphatic rings. The Labute approximate surface area is 123 Å². The fraction of sp³-hybridized carbons (Fsp3) is 0.143. The quantitative estimate of drug-likeness (QED) is 0.862. The average Bonchev–Trinajstić information content (AvgIpc) is 2.39. The number of nitrogen functional groups attached to an aromatic ring is 1. The zero-order chi connectivity index (χ0) is 14.6. The zero-order valence-electron chi connectivity index (χ0n) is 10.6. The van der Waals surface area contributed by atoms with Crippen molar-refractivity contribution < 1.29 is 13.2 Å². The van der Waals surface area contributed by atoms with Gasteiger partial charge in [-0.3, -0.25) is 0 Å². The topological polar surface area (TPSA) is 69.4 Å². The summed E-state index contributed by atoms with van der Waals surface area (Å²) in [5.74, 6) is 0.394. The van der Waals surface area contributed by atoms with Crippen LogP contribution in [0.1, 0.15) is 0 Å². The molecule has 0 fully saturated rings. The summed E-state index contributed by atoms with van der Waals surface area (Å²) in [4.78, 5) is 0.123. The third kappa shape index (κ3) is 3.65.